The van der Waals surface area contributed by atoms with E-state index in [1.807, 2.05) is 0 Å². The van der Waals surface area contributed by atoms with Crippen LogP contribution in [0.15, 0.2) is 36.8 Å². The zero-order valence-corrected chi connectivity index (χ0v) is 50.1. The lowest BCUT2D eigenvalue weighted by molar-refractivity contribution is -0.299. The maximum Gasteiger partial charge on any atom is 0.335 e. The van der Waals surface area contributed by atoms with E-state index in [0.29, 0.717) is 82.3 Å². The molecule has 38 heteroatoms. The van der Waals surface area contributed by atoms with E-state index < -0.39 is 166 Å². The molecule has 4 saturated heterocycles. The minimum Gasteiger partial charge on any atom is -0.479 e. The molecule has 12 unspecified atom stereocenters. The molecule has 4 aliphatic rings. The third kappa shape index (κ3) is 33.9. The van der Waals surface area contributed by atoms with E-state index >= 15 is 0 Å². The van der Waals surface area contributed by atoms with E-state index in [0.717, 1.165) is 5.70 Å². The van der Waals surface area contributed by atoms with Gasteiger partial charge in [-0.15, -0.1) is 0 Å². The maximum absolute atomic E-state index is 11.4. The number of nitrogens with one attached hydrogen (secondary N) is 4. The van der Waals surface area contributed by atoms with Crippen molar-refractivity contribution in [2.75, 3.05) is 92.2 Å². The van der Waals surface area contributed by atoms with Crippen molar-refractivity contribution in [2.45, 2.75) is 161 Å². The van der Waals surface area contributed by atoms with Gasteiger partial charge in [-0.2, -0.15) is 0 Å². The van der Waals surface area contributed by atoms with Crippen molar-refractivity contribution >= 4 is 43.0 Å². The van der Waals surface area contributed by atoms with Gasteiger partial charge in [0.1, 0.15) is 80.6 Å². The number of carboxylic acid groups (broad SMARTS) is 2. The molecule has 0 aromatic rings. The Morgan fingerprint density at radius 2 is 0.824 bits per heavy atom. The van der Waals surface area contributed by atoms with Crippen LogP contribution in [0.3, 0.4) is 0 Å². The lowest BCUT2D eigenvalue weighted by Gasteiger charge is -2.39. The molecule has 0 saturated carbocycles. The van der Waals surface area contributed by atoms with Crippen molar-refractivity contribution in [1.82, 2.24) is 21.3 Å². The SMILES string of the molecule is C=C(CCOCCOC1C[C@@H](O)C(O)C(C(=O)O)O1)NC[C@H](N)C=O.C=C(CCOCCOC1C[C@@H](O)C(O)C(CO)O1)NC[C@H](N)C=O.C=C(COC1C[C@@H](O)C(O)C(C(=O)O)O1)NC[C@H](N)C=O.N[C@H](C=O)CNC(=O)COC1OC(CO)C(O)[C@H](O)[C@H]1O. The number of aliphatic hydroxyl groups excluding tert-OH is 11. The number of nitrogens with two attached hydrogens (primary N) is 4. The summed E-state index contributed by atoms with van der Waals surface area (Å²) in [5.41, 5.74) is 23.4. The molecule has 38 nitrogen and oxygen atoms in total. The third-order valence-corrected chi connectivity index (χ3v) is 12.9. The van der Waals surface area contributed by atoms with Crippen molar-refractivity contribution < 1.29 is 147 Å². The van der Waals surface area contributed by atoms with Crippen molar-refractivity contribution in [1.29, 1.82) is 0 Å². The second-order valence-electron chi connectivity index (χ2n) is 20.6. The smallest absolute Gasteiger partial charge is 0.335 e. The molecule has 0 aromatic heterocycles. The molecule has 0 radical (unpaired) electrons. The van der Waals surface area contributed by atoms with Crippen molar-refractivity contribution in [3.05, 3.63) is 36.8 Å². The molecule has 0 aliphatic carbocycles. The highest BCUT2D eigenvalue weighted by molar-refractivity contribution is 5.77. The largest absolute Gasteiger partial charge is 0.479 e. The summed E-state index contributed by atoms with van der Waals surface area (Å²) in [6.07, 6.45) is -17.7. The molecule has 0 aromatic carbocycles. The molecule has 0 bridgehead atoms. The molecule has 526 valence electrons. The fraction of sp³-hybridized carbons (Fsp3) is 0.755. The Bertz CT molecular complexity index is 2150. The van der Waals surface area contributed by atoms with Gasteiger partial charge in [-0.25, -0.2) is 9.59 Å². The van der Waals surface area contributed by atoms with Crippen molar-refractivity contribution in [3.8, 4) is 0 Å². The van der Waals surface area contributed by atoms with Gasteiger partial charge in [-0.1, -0.05) is 19.7 Å². The van der Waals surface area contributed by atoms with Crippen LogP contribution in [0.2, 0.25) is 0 Å². The molecule has 4 fully saturated rings. The number of carboxylic acids is 2. The van der Waals surface area contributed by atoms with Crippen molar-refractivity contribution in [2.24, 2.45) is 22.9 Å². The van der Waals surface area contributed by atoms with E-state index in [-0.39, 0.29) is 58.8 Å². The Morgan fingerprint density at radius 3 is 1.23 bits per heavy atom. The normalized spacial score (nSPS) is 29.9. The van der Waals surface area contributed by atoms with E-state index in [1.54, 1.807) is 0 Å². The van der Waals surface area contributed by atoms with E-state index in [9.17, 15) is 79.5 Å². The van der Waals surface area contributed by atoms with E-state index in [4.69, 9.17) is 90.7 Å². The molecule has 1 amide bonds. The van der Waals surface area contributed by atoms with E-state index in [1.165, 1.54) is 0 Å². The lowest BCUT2D eigenvalue weighted by atomic mass is 9.99. The standard InChI is InChI=1S/C15H26N2O8.C15H28N2O7.C12H20N2O7.C11H20N2O8/c1-9(17-7-10(16)8-18)2-3-23-4-5-24-12-6-11(19)13(20)14(25-12)15(21)22;1-10(17-7-11(16)8-18)2-3-22-4-5-23-14-6-12(20)15(21)13(9-19)24-14;1-6(14-3-7(13)4-15)5-20-9-2-8(16)10(17)11(21-9)12(18)19;12-5(2-14)1-13-7(16)4-20-11-10(19)9(18)8(17)6(3-15)21-11/h8,10-14,17,19-20H,1-7,16H2,(H,21,22);8,11-15,17,19-21H,1-7,9,16H2;4,7-11,14,16-17H,1-3,5,13H2,(H,18,19);2,5-6,8-11,15,17-19H,1,3-4,12H2,(H,13,16)/t10-,11+,12?,13?,14?;11-,12+,13?,14?,15?;7-,8+,9?,10?,11?;5-,6?,8?,9-,10+,11?/m0000/s1. The predicted octanol–water partition coefficient (Wildman–Crippen LogP) is -11.2. The molecule has 0 spiro atoms. The summed E-state index contributed by atoms with van der Waals surface area (Å²) < 4.78 is 52.2. The van der Waals surface area contributed by atoms with Gasteiger partial charge in [-0.3, -0.25) is 4.79 Å². The minimum absolute atomic E-state index is 0.0224. The van der Waals surface area contributed by atoms with Crippen LogP contribution in [-0.4, -0.2) is 330 Å². The predicted molar refractivity (Wildman–Crippen MR) is 307 cm³/mol. The highest BCUT2D eigenvalue weighted by Crippen LogP contribution is 2.25. The van der Waals surface area contributed by atoms with Crippen LogP contribution in [0.25, 0.3) is 0 Å². The van der Waals surface area contributed by atoms with Crippen LogP contribution in [0.5, 0.6) is 0 Å². The monoisotopic (exact) mass is 1320 g/mol. The summed E-state index contributed by atoms with van der Waals surface area (Å²) in [4.78, 5) is 74.6. The van der Waals surface area contributed by atoms with Crippen LogP contribution in [0.4, 0.5) is 0 Å². The molecular weight excluding hydrogens is 1230 g/mol. The summed E-state index contributed by atoms with van der Waals surface area (Å²) in [6.45, 7) is 12.2. The minimum atomic E-state index is -1.58. The molecule has 91 heavy (non-hydrogen) atoms. The first-order chi connectivity index (χ1) is 43.1. The van der Waals surface area contributed by atoms with Gasteiger partial charge >= 0.3 is 11.9 Å². The average Bonchev–Trinajstić information content (AvgIpc) is 2.91. The maximum atomic E-state index is 11.4. The molecule has 4 heterocycles. The Hall–Kier alpha value is -5.29. The number of aliphatic hydroxyl groups is 11. The van der Waals surface area contributed by atoms with Crippen LogP contribution in [0.1, 0.15) is 32.1 Å². The molecular formula is C53H94N8O30. The van der Waals surface area contributed by atoms with Crippen LogP contribution < -0.4 is 44.2 Å². The number of aldehydes is 4. The fourth-order valence-electron chi connectivity index (χ4n) is 7.59. The molecule has 21 atom stereocenters. The Balaban J connectivity index is 0.000000608. The third-order valence-electron chi connectivity index (χ3n) is 12.9. The fourth-order valence-corrected chi connectivity index (χ4v) is 7.59. The van der Waals surface area contributed by atoms with Crippen LogP contribution >= 0.6 is 0 Å². The Morgan fingerprint density at radius 1 is 0.451 bits per heavy atom. The first-order valence-corrected chi connectivity index (χ1v) is 28.5. The van der Waals surface area contributed by atoms with Gasteiger partial charge in [0.2, 0.25) is 5.91 Å². The molecule has 4 aliphatic heterocycles. The number of carbonyl (C=O) groups excluding carboxylic acids is 5. The number of carbonyl (C=O) groups is 7. The number of aliphatic carboxylic acids is 2. The summed E-state index contributed by atoms with van der Waals surface area (Å²) in [7, 11) is 0. The average molecular weight is 1320 g/mol. The molecule has 25 N–H and O–H groups in total. The van der Waals surface area contributed by atoms with Gasteiger partial charge in [0, 0.05) is 75.4 Å². The first-order valence-electron chi connectivity index (χ1n) is 28.5. The van der Waals surface area contributed by atoms with Gasteiger partial charge in [0.25, 0.3) is 0 Å². The summed E-state index contributed by atoms with van der Waals surface area (Å²) in [5.74, 6) is -3.36. The lowest BCUT2D eigenvalue weighted by Crippen LogP contribution is -2.59. The van der Waals surface area contributed by atoms with Crippen molar-refractivity contribution in [3.63, 3.8) is 0 Å². The number of hydrogen-bond acceptors (Lipinski definition) is 35. The van der Waals surface area contributed by atoms with Gasteiger partial charge in [-0.05, 0) is 0 Å². The zero-order valence-electron chi connectivity index (χ0n) is 50.1. The van der Waals surface area contributed by atoms with Gasteiger partial charge in [0.05, 0.1) is 102 Å². The number of ether oxygens (including phenoxy) is 10. The second kappa shape index (κ2) is 46.7. The zero-order chi connectivity index (χ0) is 68.8. The summed E-state index contributed by atoms with van der Waals surface area (Å²) in [6, 6.07) is -2.63. The number of rotatable bonds is 39. The summed E-state index contributed by atoms with van der Waals surface area (Å²) >= 11 is 0. The highest BCUT2D eigenvalue weighted by Gasteiger charge is 2.45. The van der Waals surface area contributed by atoms with E-state index in [2.05, 4.69) is 41.0 Å². The molecule has 4 rings (SSSR count). The Kier molecular flexibility index (Phi) is 43.0. The topological polar surface area (TPSA) is 627 Å². The highest BCUT2D eigenvalue weighted by atomic mass is 16.7. The van der Waals surface area contributed by atoms with Crippen LogP contribution in [-0.2, 0) is 80.9 Å². The van der Waals surface area contributed by atoms with Crippen LogP contribution in [0, 0.1) is 0 Å². The number of hydrogen-bond donors (Lipinski definition) is 21. The quantitative estimate of drug-likeness (QED) is 0.0201. The second-order valence-corrected chi connectivity index (χ2v) is 20.6. The number of amides is 1. The van der Waals surface area contributed by atoms with Gasteiger partial charge < -0.3 is 177 Å². The van der Waals surface area contributed by atoms with Gasteiger partial charge in [0.15, 0.2) is 37.4 Å². The Labute approximate surface area is 523 Å². The summed E-state index contributed by atoms with van der Waals surface area (Å²) in [5, 5.41) is 133. The first kappa shape index (κ1) is 83.7.